The van der Waals surface area contributed by atoms with Crippen molar-refractivity contribution < 1.29 is 0 Å². The van der Waals surface area contributed by atoms with E-state index in [2.05, 4.69) is 34.6 Å². The first-order valence-electron chi connectivity index (χ1n) is 5.82. The van der Waals surface area contributed by atoms with E-state index in [1.165, 1.54) is 38.5 Å². The van der Waals surface area contributed by atoms with Gasteiger partial charge in [-0.2, -0.15) is 0 Å². The molecule has 2 rings (SSSR count). The van der Waals surface area contributed by atoms with Gasteiger partial charge < -0.3 is 5.43 Å². The van der Waals surface area contributed by atoms with Gasteiger partial charge in [-0.05, 0) is 30.9 Å². The van der Waals surface area contributed by atoms with Crippen molar-refractivity contribution in [1.29, 1.82) is 0 Å². The van der Waals surface area contributed by atoms with Crippen LogP contribution in [0.1, 0.15) is 38.5 Å². The highest BCUT2D eigenvalue weighted by Gasteiger charge is 2.11. The molecule has 0 radical (unpaired) electrons. The lowest BCUT2D eigenvalue weighted by Gasteiger charge is -2.16. The van der Waals surface area contributed by atoms with Gasteiger partial charge in [0.2, 0.25) is 0 Å². The van der Waals surface area contributed by atoms with Crippen LogP contribution < -0.4 is 5.43 Å². The SMILES string of the molecule is c1ccn(NCC2CCCCCC2)c1. The average molecular weight is 192 g/mol. The minimum Gasteiger partial charge on any atom is -0.326 e. The smallest absolute Gasteiger partial charge is 0.0342 e. The number of rotatable bonds is 3. The lowest BCUT2D eigenvalue weighted by atomic mass is 10.0. The fourth-order valence-corrected chi connectivity index (χ4v) is 2.24. The zero-order chi connectivity index (χ0) is 9.64. The van der Waals surface area contributed by atoms with E-state index in [0.29, 0.717) is 0 Å². The van der Waals surface area contributed by atoms with Crippen LogP contribution in [0.4, 0.5) is 0 Å². The Kier molecular flexibility index (Phi) is 3.50. The van der Waals surface area contributed by atoms with Gasteiger partial charge in [0.25, 0.3) is 0 Å². The summed E-state index contributed by atoms with van der Waals surface area (Å²) in [7, 11) is 0. The third-order valence-corrected chi connectivity index (χ3v) is 3.14. The molecule has 0 atom stereocenters. The molecule has 0 saturated heterocycles. The minimum atomic E-state index is 0.889. The Morgan fingerprint density at radius 3 is 2.29 bits per heavy atom. The lowest BCUT2D eigenvalue weighted by molar-refractivity contribution is 0.468. The number of nitrogens with zero attached hydrogens (tertiary/aromatic N) is 1. The van der Waals surface area contributed by atoms with Crippen molar-refractivity contribution in [1.82, 2.24) is 4.68 Å². The summed E-state index contributed by atoms with van der Waals surface area (Å²) in [6.07, 6.45) is 12.7. The quantitative estimate of drug-likeness (QED) is 0.728. The van der Waals surface area contributed by atoms with E-state index in [1.54, 1.807) is 0 Å². The van der Waals surface area contributed by atoms with Crippen molar-refractivity contribution in [3.8, 4) is 0 Å². The second kappa shape index (κ2) is 5.08. The molecule has 1 saturated carbocycles. The van der Waals surface area contributed by atoms with E-state index in [-0.39, 0.29) is 0 Å². The van der Waals surface area contributed by atoms with Crippen LogP contribution in [-0.2, 0) is 0 Å². The van der Waals surface area contributed by atoms with Crippen LogP contribution in [0.25, 0.3) is 0 Å². The Morgan fingerprint density at radius 1 is 1.00 bits per heavy atom. The molecule has 0 aliphatic heterocycles. The van der Waals surface area contributed by atoms with Gasteiger partial charge in [-0.1, -0.05) is 25.7 Å². The summed E-state index contributed by atoms with van der Waals surface area (Å²) in [5.41, 5.74) is 3.44. The van der Waals surface area contributed by atoms with Gasteiger partial charge >= 0.3 is 0 Å². The first kappa shape index (κ1) is 9.63. The van der Waals surface area contributed by atoms with Gasteiger partial charge in [0, 0.05) is 18.9 Å². The van der Waals surface area contributed by atoms with Gasteiger partial charge in [-0.15, -0.1) is 0 Å². The van der Waals surface area contributed by atoms with Gasteiger partial charge in [0.05, 0.1) is 0 Å². The van der Waals surface area contributed by atoms with Gasteiger partial charge in [0.15, 0.2) is 0 Å². The molecule has 1 aliphatic carbocycles. The number of hydrogen-bond acceptors (Lipinski definition) is 1. The standard InChI is InChI=1S/C12H20N2/c1-2-4-8-12(7-3-1)11-13-14-9-5-6-10-14/h5-6,9-10,12-13H,1-4,7-8,11H2. The lowest BCUT2D eigenvalue weighted by Crippen LogP contribution is -2.20. The van der Waals surface area contributed by atoms with Crippen LogP contribution in [0.5, 0.6) is 0 Å². The largest absolute Gasteiger partial charge is 0.326 e. The molecule has 0 aromatic carbocycles. The number of nitrogens with one attached hydrogen (secondary N) is 1. The highest BCUT2D eigenvalue weighted by Crippen LogP contribution is 2.22. The summed E-state index contributed by atoms with van der Waals surface area (Å²) in [6, 6.07) is 4.11. The molecule has 1 heterocycles. The molecule has 1 fully saturated rings. The maximum Gasteiger partial charge on any atom is 0.0342 e. The molecule has 0 spiro atoms. The third-order valence-electron chi connectivity index (χ3n) is 3.14. The average Bonchev–Trinajstić information content (AvgIpc) is 2.58. The van der Waals surface area contributed by atoms with Gasteiger partial charge in [0.1, 0.15) is 0 Å². The van der Waals surface area contributed by atoms with E-state index in [9.17, 15) is 0 Å². The van der Waals surface area contributed by atoms with E-state index in [0.717, 1.165) is 12.5 Å². The molecule has 0 unspecified atom stereocenters. The Balaban J connectivity index is 1.73. The highest BCUT2D eigenvalue weighted by atomic mass is 15.4. The van der Waals surface area contributed by atoms with Crippen molar-refractivity contribution in [2.75, 3.05) is 12.0 Å². The maximum absolute atomic E-state index is 3.44. The summed E-state index contributed by atoms with van der Waals surface area (Å²) in [4.78, 5) is 0. The maximum atomic E-state index is 3.44. The van der Waals surface area contributed by atoms with Crippen LogP contribution in [0, 0.1) is 5.92 Å². The summed E-state index contributed by atoms with van der Waals surface area (Å²) in [6.45, 7) is 1.13. The zero-order valence-electron chi connectivity index (χ0n) is 8.78. The topological polar surface area (TPSA) is 17.0 Å². The van der Waals surface area contributed by atoms with Crippen LogP contribution >= 0.6 is 0 Å². The third kappa shape index (κ3) is 2.79. The van der Waals surface area contributed by atoms with E-state index < -0.39 is 0 Å². The Hall–Kier alpha value is -0.920. The van der Waals surface area contributed by atoms with Crippen molar-refractivity contribution in [2.45, 2.75) is 38.5 Å². The first-order valence-corrected chi connectivity index (χ1v) is 5.82. The van der Waals surface area contributed by atoms with Crippen LogP contribution in [0.3, 0.4) is 0 Å². The molecule has 1 aromatic rings. The predicted octanol–water partition coefficient (Wildman–Crippen LogP) is 3.00. The Labute approximate surface area is 86.3 Å². The fourth-order valence-electron chi connectivity index (χ4n) is 2.24. The molecule has 1 aliphatic rings. The molecule has 2 nitrogen and oxygen atoms in total. The van der Waals surface area contributed by atoms with Crippen LogP contribution in [0.15, 0.2) is 24.5 Å². The minimum absolute atomic E-state index is 0.889. The molecule has 1 N–H and O–H groups in total. The van der Waals surface area contributed by atoms with Gasteiger partial charge in [-0.25, -0.2) is 0 Å². The van der Waals surface area contributed by atoms with Crippen LogP contribution in [0.2, 0.25) is 0 Å². The van der Waals surface area contributed by atoms with Crippen molar-refractivity contribution in [3.05, 3.63) is 24.5 Å². The molecule has 14 heavy (non-hydrogen) atoms. The number of aromatic nitrogens is 1. The zero-order valence-corrected chi connectivity index (χ0v) is 8.78. The normalized spacial score (nSPS) is 19.1. The monoisotopic (exact) mass is 192 g/mol. The molecular formula is C12H20N2. The summed E-state index contributed by atoms with van der Waals surface area (Å²) >= 11 is 0. The molecule has 1 aromatic heterocycles. The molecule has 78 valence electrons. The first-order chi connectivity index (χ1) is 6.95. The molecule has 2 heteroatoms. The number of hydrogen-bond donors (Lipinski definition) is 1. The van der Waals surface area contributed by atoms with Gasteiger partial charge in [-0.3, -0.25) is 4.68 Å². The van der Waals surface area contributed by atoms with Crippen molar-refractivity contribution >= 4 is 0 Å². The summed E-state index contributed by atoms with van der Waals surface area (Å²) < 4.78 is 2.06. The highest BCUT2D eigenvalue weighted by molar-refractivity contribution is 4.93. The predicted molar refractivity (Wildman–Crippen MR) is 59.9 cm³/mol. The summed E-state index contributed by atoms with van der Waals surface area (Å²) in [5.74, 6) is 0.889. The second-order valence-corrected chi connectivity index (χ2v) is 4.31. The van der Waals surface area contributed by atoms with Crippen molar-refractivity contribution in [2.24, 2.45) is 5.92 Å². The fraction of sp³-hybridized carbons (Fsp3) is 0.667. The van der Waals surface area contributed by atoms with E-state index in [1.807, 2.05) is 0 Å². The van der Waals surface area contributed by atoms with Crippen molar-refractivity contribution in [3.63, 3.8) is 0 Å². The second-order valence-electron chi connectivity index (χ2n) is 4.31. The summed E-state index contributed by atoms with van der Waals surface area (Å²) in [5, 5.41) is 0. The Morgan fingerprint density at radius 2 is 1.64 bits per heavy atom. The Bertz CT molecular complexity index is 233. The molecule has 0 bridgehead atoms. The molecular weight excluding hydrogens is 172 g/mol. The molecule has 0 amide bonds. The van der Waals surface area contributed by atoms with E-state index in [4.69, 9.17) is 0 Å². The van der Waals surface area contributed by atoms with Crippen LogP contribution in [-0.4, -0.2) is 11.2 Å². The van der Waals surface area contributed by atoms with E-state index >= 15 is 0 Å².